The highest BCUT2D eigenvalue weighted by Gasteiger charge is 2.24. The van der Waals surface area contributed by atoms with Crippen molar-refractivity contribution in [2.75, 3.05) is 18.0 Å². The molecule has 0 bridgehead atoms. The Kier molecular flexibility index (Phi) is 2.50. The van der Waals surface area contributed by atoms with Gasteiger partial charge in [-0.15, -0.1) is 0 Å². The molecule has 2 aromatic rings. The maximum atomic E-state index is 4.85. The number of rotatable bonds is 2. The average Bonchev–Trinajstić information content (AvgIpc) is 2.85. The van der Waals surface area contributed by atoms with Gasteiger partial charge in [0.25, 0.3) is 0 Å². The van der Waals surface area contributed by atoms with Crippen LogP contribution in [-0.2, 0) is 12.8 Å². The van der Waals surface area contributed by atoms with E-state index in [4.69, 9.17) is 9.97 Å². The molecular weight excluding hydrogens is 234 g/mol. The molecule has 1 aliphatic heterocycles. The lowest BCUT2D eigenvalue weighted by Gasteiger charge is -2.31. The zero-order valence-electron chi connectivity index (χ0n) is 11.0. The van der Waals surface area contributed by atoms with Gasteiger partial charge in [-0.1, -0.05) is 30.3 Å². The van der Waals surface area contributed by atoms with E-state index in [2.05, 4.69) is 35.2 Å². The van der Waals surface area contributed by atoms with Crippen LogP contribution in [0.1, 0.15) is 24.1 Å². The monoisotopic (exact) mass is 251 g/mol. The summed E-state index contributed by atoms with van der Waals surface area (Å²) in [4.78, 5) is 11.9. The molecule has 96 valence electrons. The summed E-state index contributed by atoms with van der Waals surface area (Å²) < 4.78 is 0. The van der Waals surface area contributed by atoms with Crippen molar-refractivity contribution in [3.63, 3.8) is 0 Å². The Balaban J connectivity index is 1.86. The van der Waals surface area contributed by atoms with Gasteiger partial charge in [-0.2, -0.15) is 0 Å². The first-order chi connectivity index (χ1) is 9.42. The summed E-state index contributed by atoms with van der Waals surface area (Å²) in [7, 11) is 0. The maximum Gasteiger partial charge on any atom is 0.226 e. The first-order valence-electron chi connectivity index (χ1n) is 7.12. The van der Waals surface area contributed by atoms with Crippen LogP contribution >= 0.6 is 0 Å². The van der Waals surface area contributed by atoms with Crippen molar-refractivity contribution in [2.24, 2.45) is 0 Å². The second-order valence-corrected chi connectivity index (χ2v) is 5.36. The third-order valence-corrected chi connectivity index (χ3v) is 4.11. The van der Waals surface area contributed by atoms with Gasteiger partial charge in [-0.05, 0) is 25.7 Å². The van der Waals surface area contributed by atoms with Crippen LogP contribution in [-0.4, -0.2) is 23.1 Å². The van der Waals surface area contributed by atoms with Crippen molar-refractivity contribution in [2.45, 2.75) is 25.7 Å². The summed E-state index contributed by atoms with van der Waals surface area (Å²) in [6.45, 7) is 2.21. The smallest absolute Gasteiger partial charge is 0.226 e. The fourth-order valence-corrected chi connectivity index (χ4v) is 2.91. The van der Waals surface area contributed by atoms with Crippen molar-refractivity contribution < 1.29 is 0 Å². The SMILES string of the molecule is c1ccc(-c2nc(N3CCC3)nc3c2CCC3)cc1. The van der Waals surface area contributed by atoms with E-state index in [0.29, 0.717) is 0 Å². The Morgan fingerprint density at radius 1 is 0.895 bits per heavy atom. The van der Waals surface area contributed by atoms with Crippen molar-refractivity contribution in [3.05, 3.63) is 41.6 Å². The largest absolute Gasteiger partial charge is 0.341 e. The summed E-state index contributed by atoms with van der Waals surface area (Å²) >= 11 is 0. The minimum atomic E-state index is 0.936. The Bertz CT molecular complexity index is 603. The molecule has 1 aromatic carbocycles. The van der Waals surface area contributed by atoms with Crippen LogP contribution in [0.5, 0.6) is 0 Å². The second-order valence-electron chi connectivity index (χ2n) is 5.36. The van der Waals surface area contributed by atoms with Crippen LogP contribution in [0.25, 0.3) is 11.3 Å². The standard InChI is InChI=1S/C16H17N3/c1-2-6-12(7-3-1)15-13-8-4-9-14(13)17-16(18-15)19-10-5-11-19/h1-3,6-7H,4-5,8-11H2. The molecule has 3 heteroatoms. The summed E-state index contributed by atoms with van der Waals surface area (Å²) in [6, 6.07) is 10.5. The number of aromatic nitrogens is 2. The maximum absolute atomic E-state index is 4.85. The van der Waals surface area contributed by atoms with E-state index in [0.717, 1.165) is 37.6 Å². The molecule has 0 unspecified atom stereocenters. The van der Waals surface area contributed by atoms with Crippen LogP contribution in [0.4, 0.5) is 5.95 Å². The molecule has 4 rings (SSSR count). The van der Waals surface area contributed by atoms with E-state index in [1.54, 1.807) is 0 Å². The molecule has 0 N–H and O–H groups in total. The first kappa shape index (κ1) is 11.0. The normalized spacial score (nSPS) is 17.2. The Hall–Kier alpha value is -1.90. The molecule has 3 nitrogen and oxygen atoms in total. The Morgan fingerprint density at radius 3 is 2.47 bits per heavy atom. The Labute approximate surface area is 113 Å². The van der Waals surface area contributed by atoms with Gasteiger partial charge in [0.05, 0.1) is 5.69 Å². The number of fused-ring (bicyclic) bond motifs is 1. The predicted octanol–water partition coefficient (Wildman–Crippen LogP) is 2.84. The van der Waals surface area contributed by atoms with Gasteiger partial charge in [0.2, 0.25) is 5.95 Å². The summed E-state index contributed by atoms with van der Waals surface area (Å²) in [5.74, 6) is 0.936. The Morgan fingerprint density at radius 2 is 1.74 bits per heavy atom. The number of nitrogens with zero attached hydrogens (tertiary/aromatic N) is 3. The van der Waals surface area contributed by atoms with Gasteiger partial charge in [0, 0.05) is 29.9 Å². The van der Waals surface area contributed by atoms with E-state index >= 15 is 0 Å². The zero-order chi connectivity index (χ0) is 12.7. The van der Waals surface area contributed by atoms with Crippen molar-refractivity contribution in [3.8, 4) is 11.3 Å². The highest BCUT2D eigenvalue weighted by atomic mass is 15.3. The van der Waals surface area contributed by atoms with Crippen LogP contribution in [0.2, 0.25) is 0 Å². The molecule has 1 saturated heterocycles. The molecule has 0 atom stereocenters. The van der Waals surface area contributed by atoms with E-state index in [9.17, 15) is 0 Å². The first-order valence-corrected chi connectivity index (χ1v) is 7.12. The molecule has 19 heavy (non-hydrogen) atoms. The second kappa shape index (κ2) is 4.34. The van der Waals surface area contributed by atoms with Crippen molar-refractivity contribution in [1.82, 2.24) is 9.97 Å². The zero-order valence-corrected chi connectivity index (χ0v) is 11.0. The van der Waals surface area contributed by atoms with Gasteiger partial charge < -0.3 is 4.90 Å². The highest BCUT2D eigenvalue weighted by molar-refractivity contribution is 5.66. The summed E-state index contributed by atoms with van der Waals surface area (Å²) in [6.07, 6.45) is 4.72. The number of hydrogen-bond donors (Lipinski definition) is 0. The van der Waals surface area contributed by atoms with Gasteiger partial charge in [-0.3, -0.25) is 0 Å². The molecule has 1 fully saturated rings. The van der Waals surface area contributed by atoms with Crippen LogP contribution in [0.15, 0.2) is 30.3 Å². The predicted molar refractivity (Wildman–Crippen MR) is 76.3 cm³/mol. The van der Waals surface area contributed by atoms with Gasteiger partial charge in [-0.25, -0.2) is 9.97 Å². The minimum Gasteiger partial charge on any atom is -0.341 e. The van der Waals surface area contributed by atoms with Gasteiger partial charge in [0.15, 0.2) is 0 Å². The average molecular weight is 251 g/mol. The molecule has 0 radical (unpaired) electrons. The topological polar surface area (TPSA) is 29.0 Å². The van der Waals surface area contributed by atoms with E-state index < -0.39 is 0 Å². The number of anilines is 1. The van der Waals surface area contributed by atoms with Crippen LogP contribution in [0.3, 0.4) is 0 Å². The third kappa shape index (κ3) is 1.81. The summed E-state index contributed by atoms with van der Waals surface area (Å²) in [5.41, 5.74) is 5.03. The van der Waals surface area contributed by atoms with E-state index in [-0.39, 0.29) is 0 Å². The highest BCUT2D eigenvalue weighted by Crippen LogP contribution is 2.32. The van der Waals surface area contributed by atoms with Crippen molar-refractivity contribution in [1.29, 1.82) is 0 Å². The molecule has 0 spiro atoms. The molecule has 2 aliphatic rings. The fraction of sp³-hybridized carbons (Fsp3) is 0.375. The molecule has 1 aliphatic carbocycles. The molecule has 2 heterocycles. The minimum absolute atomic E-state index is 0.936. The molecule has 0 saturated carbocycles. The van der Waals surface area contributed by atoms with Crippen LogP contribution in [0, 0.1) is 0 Å². The van der Waals surface area contributed by atoms with Gasteiger partial charge >= 0.3 is 0 Å². The number of aryl methyl sites for hydroxylation is 1. The summed E-state index contributed by atoms with van der Waals surface area (Å²) in [5, 5.41) is 0. The fourth-order valence-electron chi connectivity index (χ4n) is 2.91. The third-order valence-electron chi connectivity index (χ3n) is 4.11. The van der Waals surface area contributed by atoms with Crippen LogP contribution < -0.4 is 4.90 Å². The number of hydrogen-bond acceptors (Lipinski definition) is 3. The lowest BCUT2D eigenvalue weighted by atomic mass is 10.1. The quantitative estimate of drug-likeness (QED) is 0.822. The van der Waals surface area contributed by atoms with E-state index in [1.165, 1.54) is 29.7 Å². The lowest BCUT2D eigenvalue weighted by molar-refractivity contribution is 0.599. The van der Waals surface area contributed by atoms with Gasteiger partial charge in [0.1, 0.15) is 0 Å². The molecular formula is C16H17N3. The van der Waals surface area contributed by atoms with Crippen molar-refractivity contribution >= 4 is 5.95 Å². The molecule has 0 amide bonds. The van der Waals surface area contributed by atoms with E-state index in [1.807, 2.05) is 0 Å². The lowest BCUT2D eigenvalue weighted by Crippen LogP contribution is -2.38. The number of benzene rings is 1. The molecule has 1 aromatic heterocycles.